The Balaban J connectivity index is 1.19. The highest BCUT2D eigenvalue weighted by molar-refractivity contribution is 7.22. The normalized spacial score (nSPS) is 12.4. The van der Waals surface area contributed by atoms with Crippen molar-refractivity contribution in [1.82, 2.24) is 0 Å². The van der Waals surface area contributed by atoms with Crippen molar-refractivity contribution >= 4 is 62.9 Å². The second-order valence-electron chi connectivity index (χ2n) is 14.5. The molecular formula is C54H40N2Si. The van der Waals surface area contributed by atoms with Crippen molar-refractivity contribution in [2.45, 2.75) is 0 Å². The molecular weight excluding hydrogens is 705 g/mol. The van der Waals surface area contributed by atoms with E-state index < -0.39 is 8.07 Å². The monoisotopic (exact) mass is 744 g/mol. The Morgan fingerprint density at radius 3 is 1.12 bits per heavy atom. The molecule has 0 N–H and O–H groups in total. The number of nitrogens with zero attached hydrogens (tertiary/aromatic N) is 2. The SMILES string of the molecule is c1ccc(N(c2ccccc2)c2ccc(-c3ccc([Si]4(c5ccccc5)c5ccccc5-c5ccccc54)cc3)c(N(c3ccccc3)c3ccccc3)c2)cc1. The molecule has 1 aliphatic rings. The molecule has 0 saturated carbocycles. The van der Waals surface area contributed by atoms with E-state index in [9.17, 15) is 0 Å². The van der Waals surface area contributed by atoms with Gasteiger partial charge < -0.3 is 9.80 Å². The fourth-order valence-electron chi connectivity index (χ4n) is 8.88. The van der Waals surface area contributed by atoms with Gasteiger partial charge in [0.05, 0.1) is 5.69 Å². The van der Waals surface area contributed by atoms with Crippen LogP contribution in [0.5, 0.6) is 0 Å². The summed E-state index contributed by atoms with van der Waals surface area (Å²) in [6, 6.07) is 88.6. The third kappa shape index (κ3) is 5.97. The first-order valence-corrected chi connectivity index (χ1v) is 21.6. The number of hydrogen-bond acceptors (Lipinski definition) is 2. The van der Waals surface area contributed by atoms with Crippen molar-refractivity contribution in [1.29, 1.82) is 0 Å². The molecule has 1 heterocycles. The van der Waals surface area contributed by atoms with Gasteiger partial charge in [-0.05, 0) is 98.1 Å². The van der Waals surface area contributed by atoms with E-state index in [1.54, 1.807) is 0 Å². The number of hydrogen-bond donors (Lipinski definition) is 0. The molecule has 0 fully saturated rings. The van der Waals surface area contributed by atoms with Crippen molar-refractivity contribution in [2.75, 3.05) is 9.80 Å². The molecule has 0 saturated heterocycles. The van der Waals surface area contributed by atoms with Crippen LogP contribution < -0.4 is 30.5 Å². The van der Waals surface area contributed by atoms with Crippen LogP contribution in [0.25, 0.3) is 22.3 Å². The second-order valence-corrected chi connectivity index (χ2v) is 18.2. The fraction of sp³-hybridized carbons (Fsp3) is 0. The van der Waals surface area contributed by atoms with E-state index in [0.29, 0.717) is 0 Å². The summed E-state index contributed by atoms with van der Waals surface area (Å²) < 4.78 is 0. The fourth-order valence-corrected chi connectivity index (χ4v) is 14.0. The van der Waals surface area contributed by atoms with E-state index in [0.717, 1.165) is 39.7 Å². The molecule has 0 spiro atoms. The molecule has 270 valence electrons. The maximum atomic E-state index is 2.42. The van der Waals surface area contributed by atoms with E-state index in [-0.39, 0.29) is 0 Å². The molecule has 1 aliphatic heterocycles. The highest BCUT2D eigenvalue weighted by Crippen LogP contribution is 2.45. The van der Waals surface area contributed by atoms with Crippen molar-refractivity contribution in [3.05, 3.63) is 243 Å². The van der Waals surface area contributed by atoms with E-state index in [1.807, 2.05) is 0 Å². The van der Waals surface area contributed by atoms with Gasteiger partial charge in [-0.1, -0.05) is 182 Å². The summed E-state index contributed by atoms with van der Waals surface area (Å²) in [5, 5.41) is 5.70. The lowest BCUT2D eigenvalue weighted by Crippen LogP contribution is -2.72. The molecule has 3 heteroatoms. The van der Waals surface area contributed by atoms with Gasteiger partial charge in [-0.3, -0.25) is 0 Å². The van der Waals surface area contributed by atoms with Crippen LogP contribution in [-0.4, -0.2) is 8.07 Å². The lowest BCUT2D eigenvalue weighted by Gasteiger charge is -2.32. The van der Waals surface area contributed by atoms with Gasteiger partial charge in [-0.2, -0.15) is 0 Å². The summed E-state index contributed by atoms with van der Waals surface area (Å²) in [5.74, 6) is 0. The first-order chi connectivity index (χ1) is 28.3. The molecule has 0 unspecified atom stereocenters. The Kier molecular flexibility index (Phi) is 8.90. The van der Waals surface area contributed by atoms with E-state index in [2.05, 4.69) is 252 Å². The molecule has 9 aromatic rings. The van der Waals surface area contributed by atoms with Crippen LogP contribution in [0.1, 0.15) is 0 Å². The van der Waals surface area contributed by atoms with Gasteiger partial charge in [0.2, 0.25) is 0 Å². The number of benzene rings is 9. The quantitative estimate of drug-likeness (QED) is 0.136. The maximum Gasteiger partial charge on any atom is 0.180 e. The first-order valence-electron chi connectivity index (χ1n) is 19.6. The first kappa shape index (κ1) is 34.3. The Labute approximate surface area is 336 Å². The van der Waals surface area contributed by atoms with Gasteiger partial charge >= 0.3 is 0 Å². The summed E-state index contributed by atoms with van der Waals surface area (Å²) in [6.45, 7) is 0. The van der Waals surface area contributed by atoms with Crippen LogP contribution in [0, 0.1) is 0 Å². The van der Waals surface area contributed by atoms with E-state index in [1.165, 1.54) is 37.4 Å². The summed E-state index contributed by atoms with van der Waals surface area (Å²) >= 11 is 0. The molecule has 9 aromatic carbocycles. The van der Waals surface area contributed by atoms with Crippen LogP contribution in [0.15, 0.2) is 243 Å². The lowest BCUT2D eigenvalue weighted by atomic mass is 10.00. The van der Waals surface area contributed by atoms with Gasteiger partial charge in [0.15, 0.2) is 8.07 Å². The smallest absolute Gasteiger partial charge is 0.180 e. The molecule has 2 nitrogen and oxygen atoms in total. The van der Waals surface area contributed by atoms with E-state index >= 15 is 0 Å². The number of para-hydroxylation sites is 4. The average Bonchev–Trinajstić information content (AvgIpc) is 3.60. The lowest BCUT2D eigenvalue weighted by molar-refractivity contribution is 1.25. The molecule has 0 amide bonds. The summed E-state index contributed by atoms with van der Waals surface area (Å²) in [6.07, 6.45) is 0. The zero-order valence-corrected chi connectivity index (χ0v) is 32.5. The zero-order valence-electron chi connectivity index (χ0n) is 31.5. The molecule has 0 radical (unpaired) electrons. The van der Waals surface area contributed by atoms with Crippen molar-refractivity contribution in [3.63, 3.8) is 0 Å². The third-order valence-corrected chi connectivity index (χ3v) is 16.2. The summed E-state index contributed by atoms with van der Waals surface area (Å²) in [7, 11) is -2.61. The summed E-state index contributed by atoms with van der Waals surface area (Å²) in [5.41, 5.74) is 11.6. The molecule has 0 bridgehead atoms. The zero-order chi connectivity index (χ0) is 38.0. The third-order valence-electron chi connectivity index (χ3n) is 11.3. The Hall–Kier alpha value is -7.20. The topological polar surface area (TPSA) is 6.48 Å². The largest absolute Gasteiger partial charge is 0.310 e. The Bertz CT molecular complexity index is 2650. The van der Waals surface area contributed by atoms with Crippen LogP contribution >= 0.6 is 0 Å². The van der Waals surface area contributed by atoms with Gasteiger partial charge in [0, 0.05) is 34.0 Å². The predicted molar refractivity (Wildman–Crippen MR) is 244 cm³/mol. The minimum absolute atomic E-state index is 1.08. The molecule has 0 aromatic heterocycles. The van der Waals surface area contributed by atoms with Crippen LogP contribution in [0.3, 0.4) is 0 Å². The van der Waals surface area contributed by atoms with Crippen molar-refractivity contribution in [2.24, 2.45) is 0 Å². The van der Waals surface area contributed by atoms with Crippen LogP contribution in [0.4, 0.5) is 34.1 Å². The van der Waals surface area contributed by atoms with Crippen molar-refractivity contribution < 1.29 is 0 Å². The molecule has 0 aliphatic carbocycles. The predicted octanol–water partition coefficient (Wildman–Crippen LogP) is 11.7. The summed E-state index contributed by atoms with van der Waals surface area (Å²) in [4.78, 5) is 4.74. The average molecular weight is 745 g/mol. The number of anilines is 6. The second kappa shape index (κ2) is 14.8. The number of fused-ring (bicyclic) bond motifs is 3. The number of rotatable bonds is 9. The van der Waals surface area contributed by atoms with Gasteiger partial charge in [0.25, 0.3) is 0 Å². The minimum Gasteiger partial charge on any atom is -0.310 e. The highest BCUT2D eigenvalue weighted by atomic mass is 28.3. The van der Waals surface area contributed by atoms with Crippen molar-refractivity contribution in [3.8, 4) is 22.3 Å². The van der Waals surface area contributed by atoms with E-state index in [4.69, 9.17) is 0 Å². The standard InChI is InChI=1S/C54H40N2Si/c1-6-20-42(21-7-1)55(43-22-8-2-9-23-43)46-36-39-49(52(40-46)56(44-24-10-3-11-25-44)45-26-12-4-13-27-45)41-34-37-48(38-35-41)57(47-28-14-5-15-29-47)53-32-18-16-30-50(53)51-31-17-19-33-54(51)57/h1-40H. The van der Waals surface area contributed by atoms with Gasteiger partial charge in [0.1, 0.15) is 0 Å². The Morgan fingerprint density at radius 1 is 0.263 bits per heavy atom. The molecule has 57 heavy (non-hydrogen) atoms. The Morgan fingerprint density at radius 2 is 0.649 bits per heavy atom. The van der Waals surface area contributed by atoms with Gasteiger partial charge in [-0.15, -0.1) is 0 Å². The van der Waals surface area contributed by atoms with Gasteiger partial charge in [-0.25, -0.2) is 0 Å². The highest BCUT2D eigenvalue weighted by Gasteiger charge is 2.48. The maximum absolute atomic E-state index is 2.61. The van der Waals surface area contributed by atoms with Crippen LogP contribution in [-0.2, 0) is 0 Å². The minimum atomic E-state index is -2.61. The molecule has 0 atom stereocenters. The molecule has 10 rings (SSSR count). The van der Waals surface area contributed by atoms with Crippen LogP contribution in [0.2, 0.25) is 0 Å².